The van der Waals surface area contributed by atoms with Crippen LogP contribution in [0.25, 0.3) is 0 Å². The van der Waals surface area contributed by atoms with Crippen LogP contribution in [-0.4, -0.2) is 42.8 Å². The Morgan fingerprint density at radius 1 is 1.24 bits per heavy atom. The largest absolute Gasteiger partial charge is 0.376 e. The van der Waals surface area contributed by atoms with Crippen molar-refractivity contribution in [3.05, 3.63) is 0 Å². The molecule has 0 aliphatic carbocycles. The van der Waals surface area contributed by atoms with Gasteiger partial charge < -0.3 is 10.5 Å². The molecule has 1 heterocycles. The van der Waals surface area contributed by atoms with Crippen LogP contribution in [0, 0.1) is 11.8 Å². The molecule has 0 saturated carbocycles. The number of rotatable bonds is 6. The van der Waals surface area contributed by atoms with E-state index in [9.17, 15) is 0 Å². The summed E-state index contributed by atoms with van der Waals surface area (Å²) in [7, 11) is 0. The molecule has 1 rings (SSSR count). The van der Waals surface area contributed by atoms with Gasteiger partial charge >= 0.3 is 0 Å². The van der Waals surface area contributed by atoms with Crippen LogP contribution in [0.3, 0.4) is 0 Å². The molecule has 1 fully saturated rings. The molecule has 1 aliphatic heterocycles. The van der Waals surface area contributed by atoms with E-state index in [1.54, 1.807) is 0 Å². The summed E-state index contributed by atoms with van der Waals surface area (Å²) in [4.78, 5) is 2.58. The number of nitrogens with zero attached hydrogens (tertiary/aromatic N) is 1. The highest BCUT2D eigenvalue weighted by molar-refractivity contribution is 5.00. The molecule has 2 unspecified atom stereocenters. The predicted molar refractivity (Wildman–Crippen MR) is 73.1 cm³/mol. The van der Waals surface area contributed by atoms with E-state index in [2.05, 4.69) is 39.5 Å². The van der Waals surface area contributed by atoms with E-state index in [1.807, 2.05) is 0 Å². The molecule has 0 bridgehead atoms. The van der Waals surface area contributed by atoms with Crippen LogP contribution >= 0.6 is 0 Å². The average Bonchev–Trinajstić information content (AvgIpc) is 2.58. The van der Waals surface area contributed by atoms with Crippen molar-refractivity contribution in [1.82, 2.24) is 4.90 Å². The molecule has 0 aromatic rings. The van der Waals surface area contributed by atoms with Crippen LogP contribution in [0.15, 0.2) is 0 Å². The van der Waals surface area contributed by atoms with Gasteiger partial charge in [-0.25, -0.2) is 0 Å². The number of nitrogens with two attached hydrogens (primary N) is 1. The third kappa shape index (κ3) is 3.43. The summed E-state index contributed by atoms with van der Waals surface area (Å²) in [5, 5.41) is 0. The highest BCUT2D eigenvalue weighted by atomic mass is 16.5. The minimum Gasteiger partial charge on any atom is -0.376 e. The normalized spacial score (nSPS) is 29.8. The fourth-order valence-corrected chi connectivity index (χ4v) is 2.90. The highest BCUT2D eigenvalue weighted by Gasteiger charge is 2.45. The van der Waals surface area contributed by atoms with Crippen molar-refractivity contribution in [1.29, 1.82) is 0 Å². The number of ether oxygens (including phenoxy) is 1. The lowest BCUT2D eigenvalue weighted by Crippen LogP contribution is -2.59. The van der Waals surface area contributed by atoms with Crippen molar-refractivity contribution in [3.8, 4) is 0 Å². The Morgan fingerprint density at radius 2 is 1.76 bits per heavy atom. The summed E-state index contributed by atoms with van der Waals surface area (Å²) in [5.41, 5.74) is 6.15. The predicted octanol–water partition coefficient (Wildman–Crippen LogP) is 2.11. The second kappa shape index (κ2) is 6.17. The summed E-state index contributed by atoms with van der Waals surface area (Å²) in [6.45, 7) is 15.1. The molecule has 0 radical (unpaired) electrons. The first-order valence-corrected chi connectivity index (χ1v) is 6.99. The second-order valence-electron chi connectivity index (χ2n) is 6.26. The van der Waals surface area contributed by atoms with Crippen LogP contribution in [0.4, 0.5) is 0 Å². The van der Waals surface area contributed by atoms with Crippen molar-refractivity contribution < 1.29 is 4.74 Å². The summed E-state index contributed by atoms with van der Waals surface area (Å²) < 4.78 is 5.78. The molecule has 102 valence electrons. The molecule has 1 saturated heterocycles. The van der Waals surface area contributed by atoms with Gasteiger partial charge in [0, 0.05) is 26.2 Å². The van der Waals surface area contributed by atoms with Crippen LogP contribution in [-0.2, 0) is 4.74 Å². The van der Waals surface area contributed by atoms with Gasteiger partial charge in [-0.3, -0.25) is 4.90 Å². The first-order valence-electron chi connectivity index (χ1n) is 6.99. The lowest BCUT2D eigenvalue weighted by Gasteiger charge is -2.44. The third-order valence-electron chi connectivity index (χ3n) is 3.81. The van der Waals surface area contributed by atoms with Crippen LogP contribution in [0.1, 0.15) is 41.0 Å². The van der Waals surface area contributed by atoms with Gasteiger partial charge in [-0.1, -0.05) is 27.7 Å². The van der Waals surface area contributed by atoms with E-state index in [0.717, 1.165) is 26.1 Å². The quantitative estimate of drug-likeness (QED) is 0.775. The highest BCUT2D eigenvalue weighted by Crippen LogP contribution is 2.32. The van der Waals surface area contributed by atoms with E-state index < -0.39 is 0 Å². The van der Waals surface area contributed by atoms with Gasteiger partial charge in [-0.15, -0.1) is 0 Å². The van der Waals surface area contributed by atoms with E-state index in [0.29, 0.717) is 18.4 Å². The van der Waals surface area contributed by atoms with Crippen molar-refractivity contribution in [3.63, 3.8) is 0 Å². The Kier molecular flexibility index (Phi) is 5.42. The fourth-order valence-electron chi connectivity index (χ4n) is 2.90. The maximum atomic E-state index is 6.09. The van der Waals surface area contributed by atoms with Gasteiger partial charge in [0.1, 0.15) is 0 Å². The molecule has 2 N–H and O–H groups in total. The number of hydrogen-bond acceptors (Lipinski definition) is 3. The number of hydrogen-bond donors (Lipinski definition) is 1. The van der Waals surface area contributed by atoms with Crippen LogP contribution < -0.4 is 5.73 Å². The van der Waals surface area contributed by atoms with E-state index >= 15 is 0 Å². The summed E-state index contributed by atoms with van der Waals surface area (Å²) >= 11 is 0. The Morgan fingerprint density at radius 3 is 2.06 bits per heavy atom. The van der Waals surface area contributed by atoms with Gasteiger partial charge in [-0.2, -0.15) is 0 Å². The zero-order chi connectivity index (χ0) is 13.1. The Bertz CT molecular complexity index is 220. The van der Waals surface area contributed by atoms with Gasteiger partial charge in [0.25, 0.3) is 0 Å². The molecule has 1 aliphatic rings. The van der Waals surface area contributed by atoms with Crippen molar-refractivity contribution in [2.24, 2.45) is 17.6 Å². The van der Waals surface area contributed by atoms with Gasteiger partial charge in [-0.05, 0) is 25.2 Å². The molecule has 0 aromatic heterocycles. The van der Waals surface area contributed by atoms with Crippen molar-refractivity contribution >= 4 is 0 Å². The monoisotopic (exact) mass is 242 g/mol. The molecule has 0 aromatic carbocycles. The van der Waals surface area contributed by atoms with E-state index in [1.165, 1.54) is 0 Å². The smallest absolute Gasteiger partial charge is 0.0743 e. The second-order valence-corrected chi connectivity index (χ2v) is 6.26. The molecule has 2 atom stereocenters. The molecule has 17 heavy (non-hydrogen) atoms. The maximum absolute atomic E-state index is 6.09. The zero-order valence-electron chi connectivity index (χ0n) is 12.2. The summed E-state index contributed by atoms with van der Waals surface area (Å²) in [6.07, 6.45) is 1.33. The maximum Gasteiger partial charge on any atom is 0.0743 e. The summed E-state index contributed by atoms with van der Waals surface area (Å²) in [6, 6.07) is 0. The topological polar surface area (TPSA) is 38.5 Å². The first kappa shape index (κ1) is 14.9. The standard InChI is InChI=1S/C14H30N2O/c1-11(2)8-16(9-12(3)4)14(10-15)6-7-17-13(14)5/h11-13H,6-10,15H2,1-5H3. The third-order valence-corrected chi connectivity index (χ3v) is 3.81. The van der Waals surface area contributed by atoms with E-state index in [-0.39, 0.29) is 11.6 Å². The van der Waals surface area contributed by atoms with Crippen LogP contribution in [0.5, 0.6) is 0 Å². The molecule has 0 amide bonds. The minimum atomic E-state index is 0.0640. The van der Waals surface area contributed by atoms with Gasteiger partial charge in [0.15, 0.2) is 0 Å². The molecular weight excluding hydrogens is 212 g/mol. The molecular formula is C14H30N2O. The fraction of sp³-hybridized carbons (Fsp3) is 1.00. The minimum absolute atomic E-state index is 0.0640. The van der Waals surface area contributed by atoms with E-state index in [4.69, 9.17) is 10.5 Å². The molecule has 0 spiro atoms. The lowest BCUT2D eigenvalue weighted by molar-refractivity contribution is 0.00232. The Labute approximate surface area is 107 Å². The van der Waals surface area contributed by atoms with Crippen LogP contribution in [0.2, 0.25) is 0 Å². The zero-order valence-corrected chi connectivity index (χ0v) is 12.2. The Balaban J connectivity index is 2.84. The first-order chi connectivity index (χ1) is 7.92. The Hall–Kier alpha value is -0.120. The molecule has 3 nitrogen and oxygen atoms in total. The van der Waals surface area contributed by atoms with Crippen molar-refractivity contribution in [2.45, 2.75) is 52.7 Å². The SMILES string of the molecule is CC(C)CN(CC(C)C)C1(CN)CCOC1C. The lowest BCUT2D eigenvalue weighted by atomic mass is 9.88. The van der Waals surface area contributed by atoms with Crippen molar-refractivity contribution in [2.75, 3.05) is 26.2 Å². The molecule has 3 heteroatoms. The van der Waals surface area contributed by atoms with Gasteiger partial charge in [0.2, 0.25) is 0 Å². The van der Waals surface area contributed by atoms with Gasteiger partial charge in [0.05, 0.1) is 11.6 Å². The summed E-state index contributed by atoms with van der Waals surface area (Å²) in [5.74, 6) is 1.34. The average molecular weight is 242 g/mol.